The summed E-state index contributed by atoms with van der Waals surface area (Å²) in [4.78, 5) is 27.7. The van der Waals surface area contributed by atoms with E-state index in [2.05, 4.69) is 66.2 Å². The van der Waals surface area contributed by atoms with Gasteiger partial charge in [-0.25, -0.2) is 14.3 Å². The maximum absolute atomic E-state index is 13.9. The molecule has 0 amide bonds. The van der Waals surface area contributed by atoms with Gasteiger partial charge in [0, 0.05) is 45.4 Å². The number of hydrogen-bond donors (Lipinski definition) is 1. The largest absolute Gasteiger partial charge is 0.497 e. The molecule has 15 nitrogen and oxygen atoms in total. The summed E-state index contributed by atoms with van der Waals surface area (Å²) >= 11 is 0. The van der Waals surface area contributed by atoms with Crippen LogP contribution < -0.4 is 15.0 Å². The van der Waals surface area contributed by atoms with Gasteiger partial charge in [0.25, 0.3) is 14.1 Å². The summed E-state index contributed by atoms with van der Waals surface area (Å²) in [6.45, 7) is 8.56. The maximum atomic E-state index is 13.9. The van der Waals surface area contributed by atoms with Crippen LogP contribution in [0.25, 0.3) is 11.0 Å². The van der Waals surface area contributed by atoms with Crippen molar-refractivity contribution < 1.29 is 28.0 Å². The van der Waals surface area contributed by atoms with Crippen molar-refractivity contribution >= 4 is 31.8 Å². The van der Waals surface area contributed by atoms with E-state index < -0.39 is 38.1 Å². The first-order valence-corrected chi connectivity index (χ1v) is 23.6. The summed E-state index contributed by atoms with van der Waals surface area (Å²) in [7, 11) is 5.19. The van der Waals surface area contributed by atoms with Crippen molar-refractivity contribution in [3.8, 4) is 41.8 Å². The third-order valence-electron chi connectivity index (χ3n) is 11.0. The fourth-order valence-electron chi connectivity index (χ4n) is 7.94. The predicted molar refractivity (Wildman–Crippen MR) is 261 cm³/mol. The molecule has 0 aliphatic carbocycles. The molecular formula is C51H61N8O7P. The minimum atomic E-state index is -1.73. The van der Waals surface area contributed by atoms with Gasteiger partial charge >= 0.3 is 0 Å². The average Bonchev–Trinajstić information content (AvgIpc) is 3.91. The standard InChI is InChI=1S/C51H61N8O7P/c1-10-11-12-13-14-18-22-43-47-48(54-50(55-49(47)60)53-35-57(6)7)58(56-43)46-33-44(66-67(64-32-19-31-52)59(36(2)3)37(4)5)45(65-46)34-63-51(38-20-16-15-17-21-38,39-23-27-41(61-8)28-24-39)40-25-29-42(62-9)30-26-40/h1,15-17,20-21,23-30,35-37,44-46H,11-14,19,32-34H2,2-9H3,(H,54,55,60)/b53-35+/t44-,45+,46+,67?/m0/s1. The summed E-state index contributed by atoms with van der Waals surface area (Å²) < 4.78 is 43.0. The Kier molecular flexibility index (Phi) is 18.1. The number of nitrogens with one attached hydrogen (secondary N) is 1. The molecule has 1 fully saturated rings. The normalized spacial score (nSPS) is 16.6. The number of nitrogens with zero attached hydrogens (tertiary/aromatic N) is 7. The topological polar surface area (TPSA) is 162 Å². The lowest BCUT2D eigenvalue weighted by atomic mass is 9.80. The van der Waals surface area contributed by atoms with Crippen molar-refractivity contribution in [1.82, 2.24) is 29.3 Å². The number of H-pyrrole nitrogens is 1. The van der Waals surface area contributed by atoms with Gasteiger partial charge in [-0.1, -0.05) is 60.5 Å². The molecule has 3 aromatic carbocycles. The fourth-order valence-corrected chi connectivity index (χ4v) is 9.70. The van der Waals surface area contributed by atoms with E-state index in [4.69, 9.17) is 44.5 Å². The molecule has 1 aliphatic heterocycles. The van der Waals surface area contributed by atoms with Crippen LogP contribution >= 0.6 is 8.53 Å². The van der Waals surface area contributed by atoms with Crippen LogP contribution in [0.4, 0.5) is 5.95 Å². The number of rotatable bonds is 22. The second kappa shape index (κ2) is 24.1. The summed E-state index contributed by atoms with van der Waals surface area (Å²) in [6, 6.07) is 28.0. The molecule has 0 saturated carbocycles. The van der Waals surface area contributed by atoms with E-state index in [1.807, 2.05) is 93.0 Å². The van der Waals surface area contributed by atoms with E-state index in [9.17, 15) is 10.1 Å². The first-order chi connectivity index (χ1) is 32.4. The third-order valence-corrected chi connectivity index (χ3v) is 13.2. The van der Waals surface area contributed by atoms with E-state index in [1.54, 1.807) is 30.1 Å². The molecule has 16 heteroatoms. The Morgan fingerprint density at radius 1 is 0.955 bits per heavy atom. The van der Waals surface area contributed by atoms with E-state index >= 15 is 0 Å². The number of ether oxygens (including phenoxy) is 4. The number of methoxy groups -OCH3 is 2. The smallest absolute Gasteiger partial charge is 0.264 e. The van der Waals surface area contributed by atoms with Crippen LogP contribution in [0, 0.1) is 35.5 Å². The van der Waals surface area contributed by atoms with Gasteiger partial charge in [0.1, 0.15) is 28.6 Å². The first-order valence-electron chi connectivity index (χ1n) is 22.5. The Morgan fingerprint density at radius 2 is 1.58 bits per heavy atom. The van der Waals surface area contributed by atoms with Crippen molar-refractivity contribution in [2.45, 2.75) is 102 Å². The van der Waals surface area contributed by atoms with Crippen LogP contribution in [0.1, 0.15) is 94.8 Å². The molecule has 67 heavy (non-hydrogen) atoms. The lowest BCUT2D eigenvalue weighted by Gasteiger charge is -2.39. The van der Waals surface area contributed by atoms with E-state index in [0.29, 0.717) is 24.3 Å². The summed E-state index contributed by atoms with van der Waals surface area (Å²) in [5, 5.41) is 14.7. The van der Waals surface area contributed by atoms with Crippen LogP contribution in [0.3, 0.4) is 0 Å². The summed E-state index contributed by atoms with van der Waals surface area (Å²) in [5.74, 6) is 10.5. The molecular weight excluding hydrogens is 868 g/mol. The monoisotopic (exact) mass is 928 g/mol. The first kappa shape index (κ1) is 50.3. The van der Waals surface area contributed by atoms with Crippen molar-refractivity contribution in [2.24, 2.45) is 4.99 Å². The zero-order chi connectivity index (χ0) is 47.9. The predicted octanol–water partition coefficient (Wildman–Crippen LogP) is 8.86. The lowest BCUT2D eigenvalue weighted by molar-refractivity contribution is -0.0931. The molecule has 1 aliphatic rings. The quantitative estimate of drug-likeness (QED) is 0.0176. The van der Waals surface area contributed by atoms with Gasteiger partial charge < -0.3 is 32.9 Å². The molecule has 2 aromatic heterocycles. The van der Waals surface area contributed by atoms with Gasteiger partial charge in [-0.2, -0.15) is 15.3 Å². The van der Waals surface area contributed by atoms with E-state index in [1.165, 1.54) is 0 Å². The Morgan fingerprint density at radius 3 is 2.16 bits per heavy atom. The maximum Gasteiger partial charge on any atom is 0.264 e. The number of benzene rings is 3. The summed E-state index contributed by atoms with van der Waals surface area (Å²) in [6.07, 6.45) is 8.19. The van der Waals surface area contributed by atoms with Crippen LogP contribution in [-0.2, 0) is 24.1 Å². The van der Waals surface area contributed by atoms with Crippen LogP contribution in [0.2, 0.25) is 0 Å². The molecule has 6 rings (SSSR count). The summed E-state index contributed by atoms with van der Waals surface area (Å²) in [5.41, 5.74) is 1.48. The van der Waals surface area contributed by atoms with E-state index in [0.717, 1.165) is 29.5 Å². The van der Waals surface area contributed by atoms with Gasteiger partial charge in [-0.15, -0.1) is 12.3 Å². The van der Waals surface area contributed by atoms with Crippen molar-refractivity contribution in [2.75, 3.05) is 41.5 Å². The molecule has 0 spiro atoms. The number of aromatic amines is 1. The second-order valence-corrected chi connectivity index (χ2v) is 18.1. The molecule has 1 unspecified atom stereocenters. The van der Waals surface area contributed by atoms with Gasteiger partial charge in [0.15, 0.2) is 17.6 Å². The van der Waals surface area contributed by atoms with Crippen molar-refractivity contribution in [1.29, 1.82) is 5.26 Å². The minimum Gasteiger partial charge on any atom is -0.497 e. The van der Waals surface area contributed by atoms with Gasteiger partial charge in [-0.05, 0) is 87.4 Å². The van der Waals surface area contributed by atoms with Crippen LogP contribution in [0.5, 0.6) is 11.5 Å². The highest BCUT2D eigenvalue weighted by molar-refractivity contribution is 7.44. The molecule has 4 atom stereocenters. The molecule has 1 N–H and O–H groups in total. The Labute approximate surface area is 395 Å². The highest BCUT2D eigenvalue weighted by Crippen LogP contribution is 2.51. The Hall–Kier alpha value is -6.08. The zero-order valence-corrected chi connectivity index (χ0v) is 40.5. The fraction of sp³-hybridized carbons (Fsp3) is 0.431. The zero-order valence-electron chi connectivity index (χ0n) is 39.6. The van der Waals surface area contributed by atoms with Gasteiger partial charge in [0.05, 0.1) is 52.4 Å². The molecule has 5 aromatic rings. The van der Waals surface area contributed by atoms with Crippen molar-refractivity contribution in [3.05, 3.63) is 112 Å². The highest BCUT2D eigenvalue weighted by Gasteiger charge is 2.45. The molecule has 0 radical (unpaired) electrons. The molecule has 3 heterocycles. The highest BCUT2D eigenvalue weighted by atomic mass is 31.2. The van der Waals surface area contributed by atoms with Crippen molar-refractivity contribution in [3.63, 3.8) is 0 Å². The van der Waals surface area contributed by atoms with E-state index in [-0.39, 0.29) is 60.8 Å². The van der Waals surface area contributed by atoms with Crippen LogP contribution in [0.15, 0.2) is 88.6 Å². The number of unbranched alkanes of at least 4 members (excludes halogenated alkanes) is 3. The third kappa shape index (κ3) is 12.3. The molecule has 1 saturated heterocycles. The minimum absolute atomic E-state index is 0.0226. The number of fused-ring (bicyclic) bond motifs is 1. The number of hydrogen-bond acceptors (Lipinski definition) is 12. The molecule has 0 bridgehead atoms. The SMILES string of the molecule is C#CCCCCC#Cc1nn([C@H]2C[C@H](OP(OCCC#N)N(C(C)C)C(C)C)[C@@H](COC(c3ccccc3)(c3ccc(OC)cc3)c3ccc(OC)cc3)O2)c2nc(/N=C/N(C)C)[nH]c(=O)c12. The van der Waals surface area contributed by atoms with Crippen LogP contribution in [-0.4, -0.2) is 101 Å². The number of nitriles is 1. The van der Waals surface area contributed by atoms with Gasteiger partial charge in [0.2, 0.25) is 5.95 Å². The number of aliphatic imine (C=N–C) groups is 1. The number of aromatic nitrogens is 4. The van der Waals surface area contributed by atoms with Gasteiger partial charge in [-0.3, -0.25) is 9.78 Å². The average molecular weight is 929 g/mol. The number of terminal acetylenes is 1. The molecule has 352 valence electrons. The Bertz CT molecular complexity index is 2550. The lowest BCUT2D eigenvalue weighted by Crippen LogP contribution is -2.39. The Balaban J connectivity index is 1.49. The second-order valence-electron chi connectivity index (χ2n) is 16.7.